The van der Waals surface area contributed by atoms with Crippen LogP contribution in [0.3, 0.4) is 0 Å². The van der Waals surface area contributed by atoms with Gasteiger partial charge in [0.2, 0.25) is 5.78 Å². The van der Waals surface area contributed by atoms with E-state index in [1.165, 1.54) is 0 Å². The Balaban J connectivity index is 2.05. The van der Waals surface area contributed by atoms with Crippen LogP contribution >= 0.6 is 0 Å². The van der Waals surface area contributed by atoms with E-state index in [2.05, 4.69) is 4.99 Å². The Morgan fingerprint density at radius 1 is 1.04 bits per heavy atom. The molecule has 0 fully saturated rings. The number of ketones is 1. The molecule has 5 heteroatoms. The van der Waals surface area contributed by atoms with E-state index in [9.17, 15) is 10.0 Å². The molecule has 0 saturated carbocycles. The lowest BCUT2D eigenvalue weighted by Gasteiger charge is -2.40. The summed E-state index contributed by atoms with van der Waals surface area (Å²) >= 11 is 0. The van der Waals surface area contributed by atoms with Crippen LogP contribution in [0.5, 0.6) is 0 Å². The van der Waals surface area contributed by atoms with Gasteiger partial charge in [-0.05, 0) is 19.4 Å². The predicted molar refractivity (Wildman–Crippen MR) is 88.2 cm³/mol. The molecule has 5 nitrogen and oxygen atoms in total. The van der Waals surface area contributed by atoms with Gasteiger partial charge in [0.1, 0.15) is 5.54 Å². The predicted octanol–water partition coefficient (Wildman–Crippen LogP) is 2.56. The van der Waals surface area contributed by atoms with Gasteiger partial charge in [-0.3, -0.25) is 15.0 Å². The summed E-state index contributed by atoms with van der Waals surface area (Å²) in [5.41, 5.74) is 5.48. The van der Waals surface area contributed by atoms with Crippen LogP contribution in [0.2, 0.25) is 0 Å². The van der Waals surface area contributed by atoms with Gasteiger partial charge < -0.3 is 5.73 Å². The Labute approximate surface area is 135 Å². The topological polar surface area (TPSA) is 78.9 Å². The van der Waals surface area contributed by atoms with E-state index in [1.807, 2.05) is 36.4 Å². The fourth-order valence-corrected chi connectivity index (χ4v) is 2.86. The molecule has 2 aromatic rings. The second kappa shape index (κ2) is 5.30. The average molecular weight is 309 g/mol. The molecule has 118 valence electrons. The number of nitrogens with two attached hydrogens (primary N) is 1. The third-order valence-corrected chi connectivity index (χ3v) is 4.31. The number of hydrogen-bond acceptors (Lipinski definition) is 5. The highest BCUT2D eigenvalue weighted by molar-refractivity contribution is 6.45. The van der Waals surface area contributed by atoms with Crippen LogP contribution in [-0.2, 0) is 5.66 Å². The summed E-state index contributed by atoms with van der Waals surface area (Å²) in [7, 11) is 0. The molecule has 0 bridgehead atoms. The third-order valence-electron chi connectivity index (χ3n) is 4.31. The first kappa shape index (κ1) is 15.4. The molecule has 3 N–H and O–H groups in total. The van der Waals surface area contributed by atoms with Crippen LogP contribution in [0.15, 0.2) is 65.7 Å². The van der Waals surface area contributed by atoms with Crippen molar-refractivity contribution in [2.24, 2.45) is 10.7 Å². The van der Waals surface area contributed by atoms with E-state index in [0.29, 0.717) is 11.1 Å². The smallest absolute Gasteiger partial charge is 0.229 e. The lowest BCUT2D eigenvalue weighted by Crippen LogP contribution is -2.60. The molecule has 0 aliphatic carbocycles. The van der Waals surface area contributed by atoms with E-state index in [1.54, 1.807) is 38.1 Å². The minimum atomic E-state index is -1.31. The molecular weight excluding hydrogens is 290 g/mol. The molecule has 2 aromatic carbocycles. The van der Waals surface area contributed by atoms with Gasteiger partial charge in [-0.2, -0.15) is 0 Å². The summed E-state index contributed by atoms with van der Waals surface area (Å²) in [6.45, 7) is 3.60. The molecule has 0 spiro atoms. The van der Waals surface area contributed by atoms with Crippen molar-refractivity contribution < 1.29 is 10.0 Å². The van der Waals surface area contributed by atoms with Crippen LogP contribution in [0.25, 0.3) is 0 Å². The first-order chi connectivity index (χ1) is 10.9. The Morgan fingerprint density at radius 3 is 2.13 bits per heavy atom. The molecule has 1 heterocycles. The zero-order chi connectivity index (χ0) is 16.7. The Bertz CT molecular complexity index is 756. The lowest BCUT2D eigenvalue weighted by molar-refractivity contribution is -0.118. The highest BCUT2D eigenvalue weighted by Gasteiger charge is 2.55. The average Bonchev–Trinajstić information content (AvgIpc) is 2.77. The third kappa shape index (κ3) is 2.25. The van der Waals surface area contributed by atoms with Crippen molar-refractivity contribution in [3.05, 3.63) is 71.8 Å². The maximum Gasteiger partial charge on any atom is 0.229 e. The molecule has 0 amide bonds. The number of benzene rings is 2. The van der Waals surface area contributed by atoms with Gasteiger partial charge in [0.05, 0.1) is 0 Å². The highest BCUT2D eigenvalue weighted by Crippen LogP contribution is 2.41. The van der Waals surface area contributed by atoms with Gasteiger partial charge in [0.25, 0.3) is 0 Å². The van der Waals surface area contributed by atoms with Crippen molar-refractivity contribution in [2.75, 3.05) is 0 Å². The molecule has 0 unspecified atom stereocenters. The van der Waals surface area contributed by atoms with Crippen molar-refractivity contribution in [1.82, 2.24) is 5.06 Å². The minimum Gasteiger partial charge on any atom is -0.301 e. The fraction of sp³-hybridized carbons (Fsp3) is 0.222. The van der Waals surface area contributed by atoms with Crippen molar-refractivity contribution in [1.29, 1.82) is 0 Å². The molecule has 1 aliphatic rings. The largest absolute Gasteiger partial charge is 0.301 e. The number of amidine groups is 1. The normalized spacial score (nSPS) is 22.8. The first-order valence-corrected chi connectivity index (χ1v) is 7.41. The van der Waals surface area contributed by atoms with Gasteiger partial charge in [0.15, 0.2) is 11.5 Å². The Morgan fingerprint density at radius 2 is 1.57 bits per heavy atom. The maximum atomic E-state index is 12.7. The van der Waals surface area contributed by atoms with E-state index < -0.39 is 11.2 Å². The van der Waals surface area contributed by atoms with Crippen molar-refractivity contribution >= 4 is 11.6 Å². The van der Waals surface area contributed by atoms with Crippen molar-refractivity contribution in [2.45, 2.75) is 25.0 Å². The van der Waals surface area contributed by atoms with Crippen LogP contribution in [0, 0.1) is 0 Å². The molecule has 3 rings (SSSR count). The molecule has 1 aliphatic heterocycles. The zero-order valence-electron chi connectivity index (χ0n) is 13.1. The second-order valence-corrected chi connectivity index (χ2v) is 6.13. The second-order valence-electron chi connectivity index (χ2n) is 6.13. The number of hydroxylamine groups is 2. The minimum absolute atomic E-state index is 0.0486. The van der Waals surface area contributed by atoms with Crippen LogP contribution in [0.1, 0.15) is 29.8 Å². The van der Waals surface area contributed by atoms with Crippen LogP contribution in [0.4, 0.5) is 0 Å². The van der Waals surface area contributed by atoms with Crippen LogP contribution in [-0.4, -0.2) is 27.4 Å². The molecule has 0 aromatic heterocycles. The van der Waals surface area contributed by atoms with E-state index >= 15 is 0 Å². The summed E-state index contributed by atoms with van der Waals surface area (Å²) in [5.74, 6) is -0.406. The number of rotatable bonds is 3. The molecule has 23 heavy (non-hydrogen) atoms. The van der Waals surface area contributed by atoms with E-state index in [0.717, 1.165) is 5.06 Å². The summed E-state index contributed by atoms with van der Waals surface area (Å²) in [4.78, 5) is 17.1. The molecule has 0 radical (unpaired) electrons. The van der Waals surface area contributed by atoms with Gasteiger partial charge >= 0.3 is 0 Å². The number of carbonyl (C=O) groups excluding carboxylic acids is 1. The quantitative estimate of drug-likeness (QED) is 0.854. The summed E-state index contributed by atoms with van der Waals surface area (Å²) in [5, 5.41) is 11.5. The van der Waals surface area contributed by atoms with Gasteiger partial charge in [-0.15, -0.1) is 0 Å². The van der Waals surface area contributed by atoms with Crippen molar-refractivity contribution in [3.63, 3.8) is 0 Å². The summed E-state index contributed by atoms with van der Waals surface area (Å²) in [6, 6.07) is 17.9. The molecule has 0 saturated heterocycles. The first-order valence-electron chi connectivity index (χ1n) is 7.41. The maximum absolute atomic E-state index is 12.7. The number of hydrogen-bond donors (Lipinski definition) is 2. The Hall–Kier alpha value is -2.50. The van der Waals surface area contributed by atoms with Crippen LogP contribution < -0.4 is 5.73 Å². The standard InChI is InChI=1S/C18H19N3O2/c1-17(2)18(19,14-11-7-4-8-12-14)21(23)16(20-17)15(22)13-9-5-3-6-10-13/h3-12,23H,19H2,1-2H3/t18-/m0/s1. The van der Waals surface area contributed by atoms with Gasteiger partial charge in [-0.1, -0.05) is 60.7 Å². The molecular formula is C18H19N3O2. The zero-order valence-corrected chi connectivity index (χ0v) is 13.1. The fourth-order valence-electron chi connectivity index (χ4n) is 2.86. The number of Topliss-reactive ketones (excluding diaryl/α,β-unsaturated/α-hetero) is 1. The van der Waals surface area contributed by atoms with Gasteiger partial charge in [-0.25, -0.2) is 5.06 Å². The number of carbonyl (C=O) groups is 1. The van der Waals surface area contributed by atoms with Gasteiger partial charge in [0, 0.05) is 5.56 Å². The summed E-state index contributed by atoms with van der Waals surface area (Å²) < 4.78 is 0. The van der Waals surface area contributed by atoms with E-state index in [4.69, 9.17) is 5.73 Å². The molecule has 1 atom stereocenters. The Kier molecular flexibility index (Phi) is 3.55. The number of aliphatic imine (C=N–C) groups is 1. The monoisotopic (exact) mass is 309 g/mol. The highest BCUT2D eigenvalue weighted by atomic mass is 16.5. The van der Waals surface area contributed by atoms with Crippen molar-refractivity contribution in [3.8, 4) is 0 Å². The van der Waals surface area contributed by atoms with E-state index in [-0.39, 0.29) is 11.6 Å². The summed E-state index contributed by atoms with van der Waals surface area (Å²) in [6.07, 6.45) is 0. The number of nitrogens with zero attached hydrogens (tertiary/aromatic N) is 2. The lowest BCUT2D eigenvalue weighted by atomic mass is 9.83. The SMILES string of the molecule is CC1(C)N=C(C(=O)c2ccccc2)N(O)[C@@]1(N)c1ccccc1.